The van der Waals surface area contributed by atoms with Gasteiger partial charge in [-0.2, -0.15) is 0 Å². The van der Waals surface area contributed by atoms with E-state index in [9.17, 15) is 4.91 Å². The summed E-state index contributed by atoms with van der Waals surface area (Å²) in [6.45, 7) is 0. The lowest BCUT2D eigenvalue weighted by molar-refractivity contribution is 0.687. The summed E-state index contributed by atoms with van der Waals surface area (Å²) in [4.78, 5) is 10.3. The smallest absolute Gasteiger partial charge is 0.0811 e. The summed E-state index contributed by atoms with van der Waals surface area (Å²) in [7, 11) is 0. The Bertz CT molecular complexity index is 145. The van der Waals surface area contributed by atoms with Crippen LogP contribution in [0.3, 0.4) is 0 Å². The monoisotopic (exact) mass is 98.0 g/mol. The molecule has 0 radical (unpaired) electrons. The molecule has 1 aromatic heterocycles. The van der Waals surface area contributed by atoms with Crippen molar-refractivity contribution in [2.24, 2.45) is 5.29 Å². The van der Waals surface area contributed by atoms with Crippen LogP contribution >= 0.6 is 0 Å². The van der Waals surface area contributed by atoms with E-state index in [0.717, 1.165) is 4.79 Å². The Labute approximate surface area is 38.9 Å². The molecule has 0 atom stereocenters. The first-order valence-electron chi connectivity index (χ1n) is 1.63. The zero-order chi connectivity index (χ0) is 5.11. The van der Waals surface area contributed by atoms with E-state index < -0.39 is 0 Å². The molecule has 0 aliphatic heterocycles. The van der Waals surface area contributed by atoms with Crippen LogP contribution in [0.1, 0.15) is 0 Å². The maximum atomic E-state index is 9.48. The molecule has 0 unspecified atom stereocenters. The van der Waals surface area contributed by atoms with Gasteiger partial charge in [0.2, 0.25) is 0 Å². The summed E-state index contributed by atoms with van der Waals surface area (Å²) in [5.74, 6) is 0. The Morgan fingerprint density at radius 3 is 2.86 bits per heavy atom. The molecule has 1 aromatic rings. The second-order valence-corrected chi connectivity index (χ2v) is 0.905. The van der Waals surface area contributed by atoms with Crippen LogP contribution in [0.5, 0.6) is 0 Å². The van der Waals surface area contributed by atoms with Crippen LogP contribution in [0.25, 0.3) is 0 Å². The van der Waals surface area contributed by atoms with E-state index in [1.54, 1.807) is 0 Å². The van der Waals surface area contributed by atoms with E-state index in [0.29, 0.717) is 0 Å². The van der Waals surface area contributed by atoms with E-state index >= 15 is 0 Å². The lowest BCUT2D eigenvalue weighted by Gasteiger charge is -1.70. The highest BCUT2D eigenvalue weighted by Gasteiger charge is 1.80. The second kappa shape index (κ2) is 1.46. The first kappa shape index (κ1) is 3.91. The van der Waals surface area contributed by atoms with E-state index in [2.05, 4.69) is 15.6 Å². The van der Waals surface area contributed by atoms with Crippen molar-refractivity contribution >= 4 is 0 Å². The van der Waals surface area contributed by atoms with Crippen molar-refractivity contribution in [2.75, 3.05) is 0 Å². The SMILES string of the molecule is O=Nn1ccnn1. The molecule has 0 fully saturated rings. The predicted molar refractivity (Wildman–Crippen MR) is 21.2 cm³/mol. The van der Waals surface area contributed by atoms with Crippen LogP contribution in [0.4, 0.5) is 0 Å². The molecule has 0 N–H and O–H groups in total. The number of nitrogens with zero attached hydrogens (tertiary/aromatic N) is 4. The summed E-state index contributed by atoms with van der Waals surface area (Å²) in [6, 6.07) is 0. The van der Waals surface area contributed by atoms with Crippen LogP contribution < -0.4 is 0 Å². The molecule has 7 heavy (non-hydrogen) atoms. The van der Waals surface area contributed by atoms with Gasteiger partial charge in [-0.25, -0.2) is 0 Å². The molecule has 0 bridgehead atoms. The van der Waals surface area contributed by atoms with Gasteiger partial charge in [-0.1, -0.05) is 0 Å². The summed E-state index contributed by atoms with van der Waals surface area (Å²) in [5, 5.41) is 8.96. The molecule has 36 valence electrons. The van der Waals surface area contributed by atoms with Crippen molar-refractivity contribution in [1.29, 1.82) is 0 Å². The van der Waals surface area contributed by atoms with E-state index in [4.69, 9.17) is 0 Å². The van der Waals surface area contributed by atoms with Gasteiger partial charge >= 0.3 is 0 Å². The Morgan fingerprint density at radius 2 is 2.57 bits per heavy atom. The number of hydrogen-bond donors (Lipinski definition) is 0. The fourth-order valence-corrected chi connectivity index (χ4v) is 0.246. The minimum absolute atomic E-state index is 0.833. The highest BCUT2D eigenvalue weighted by molar-refractivity contribution is 4.61. The zero-order valence-corrected chi connectivity index (χ0v) is 3.35. The molecule has 0 saturated carbocycles. The quantitative estimate of drug-likeness (QED) is 0.457. The highest BCUT2D eigenvalue weighted by Crippen LogP contribution is 1.73. The first-order chi connectivity index (χ1) is 3.43. The number of hydrogen-bond acceptors (Lipinski definition) is 4. The predicted octanol–water partition coefficient (Wildman–Crippen LogP) is -0.192. The van der Waals surface area contributed by atoms with Crippen molar-refractivity contribution in [1.82, 2.24) is 15.1 Å². The Kier molecular flexibility index (Phi) is 0.816. The molecule has 5 nitrogen and oxygen atoms in total. The van der Waals surface area contributed by atoms with Crippen molar-refractivity contribution in [3.8, 4) is 0 Å². The minimum atomic E-state index is 0.833. The van der Waals surface area contributed by atoms with Gasteiger partial charge in [0.15, 0.2) is 0 Å². The fraction of sp³-hybridized carbons (Fsp3) is 0. The summed E-state index contributed by atoms with van der Waals surface area (Å²) in [5.41, 5.74) is 0. The van der Waals surface area contributed by atoms with Crippen LogP contribution in [0.15, 0.2) is 17.7 Å². The van der Waals surface area contributed by atoms with Crippen molar-refractivity contribution < 1.29 is 0 Å². The van der Waals surface area contributed by atoms with E-state index in [1.165, 1.54) is 12.4 Å². The van der Waals surface area contributed by atoms with E-state index in [1.807, 2.05) is 0 Å². The van der Waals surface area contributed by atoms with Crippen LogP contribution in [0, 0.1) is 4.91 Å². The van der Waals surface area contributed by atoms with Gasteiger partial charge in [-0.3, -0.25) is 0 Å². The van der Waals surface area contributed by atoms with Gasteiger partial charge in [0.1, 0.15) is 0 Å². The lowest BCUT2D eigenvalue weighted by atomic mass is 11.0. The molecule has 0 amide bonds. The molecule has 0 aromatic carbocycles. The first-order valence-corrected chi connectivity index (χ1v) is 1.63. The molecule has 0 saturated heterocycles. The number of rotatable bonds is 1. The minimum Gasteiger partial charge on any atom is -0.137 e. The molecule has 0 aliphatic carbocycles. The molecular formula is C2H2N4O. The van der Waals surface area contributed by atoms with Gasteiger partial charge in [-0.15, -0.1) is 14.8 Å². The molecule has 5 heteroatoms. The Morgan fingerprint density at radius 1 is 1.71 bits per heavy atom. The van der Waals surface area contributed by atoms with Crippen LogP contribution in [-0.2, 0) is 0 Å². The standard InChI is InChI=1S/C2H2N4O/c7-5-6-2-1-3-4-6/h1-2H. The lowest BCUT2D eigenvalue weighted by Crippen LogP contribution is -1.84. The summed E-state index contributed by atoms with van der Waals surface area (Å²) < 4.78 is 0. The molecular weight excluding hydrogens is 96.0 g/mol. The average molecular weight is 98.1 g/mol. The number of aromatic nitrogens is 3. The van der Waals surface area contributed by atoms with Crippen LogP contribution in [-0.4, -0.2) is 15.1 Å². The third kappa shape index (κ3) is 0.594. The molecule has 1 heterocycles. The molecule has 1 rings (SSSR count). The van der Waals surface area contributed by atoms with Gasteiger partial charge in [0, 0.05) is 0 Å². The van der Waals surface area contributed by atoms with Gasteiger partial charge < -0.3 is 0 Å². The number of nitroso groups, excluding NO2 is 1. The summed E-state index contributed by atoms with van der Waals surface area (Å²) >= 11 is 0. The third-order valence-electron chi connectivity index (χ3n) is 0.494. The maximum absolute atomic E-state index is 9.48. The molecule has 0 spiro atoms. The van der Waals surface area contributed by atoms with Gasteiger partial charge in [-0.05, 0) is 5.21 Å². The second-order valence-electron chi connectivity index (χ2n) is 0.905. The normalized spacial score (nSPS) is 8.57. The van der Waals surface area contributed by atoms with Crippen LogP contribution in [0.2, 0.25) is 0 Å². The fourth-order valence-electron chi connectivity index (χ4n) is 0.246. The maximum Gasteiger partial charge on any atom is 0.0811 e. The topological polar surface area (TPSA) is 60.1 Å². The summed E-state index contributed by atoms with van der Waals surface area (Å²) in [6.07, 6.45) is 2.73. The largest absolute Gasteiger partial charge is 0.137 e. The highest BCUT2D eigenvalue weighted by atomic mass is 16.3. The Balaban J connectivity index is 2.96. The van der Waals surface area contributed by atoms with Gasteiger partial charge in [0.05, 0.1) is 17.7 Å². The van der Waals surface area contributed by atoms with Crippen molar-refractivity contribution in [3.05, 3.63) is 17.3 Å². The van der Waals surface area contributed by atoms with Crippen molar-refractivity contribution in [2.45, 2.75) is 0 Å². The van der Waals surface area contributed by atoms with Gasteiger partial charge in [0.25, 0.3) is 0 Å². The average Bonchev–Trinajstić information content (AvgIpc) is 2.14. The molecule has 0 aliphatic rings. The zero-order valence-electron chi connectivity index (χ0n) is 3.35. The third-order valence-corrected chi connectivity index (χ3v) is 0.494. The van der Waals surface area contributed by atoms with Crippen molar-refractivity contribution in [3.63, 3.8) is 0 Å². The van der Waals surface area contributed by atoms with E-state index in [-0.39, 0.29) is 0 Å². The Hall–Kier alpha value is -1.26.